The topological polar surface area (TPSA) is 75.0 Å². The molecule has 0 fully saturated rings. The Morgan fingerprint density at radius 2 is 1.46 bits per heavy atom. The molecular weight excluding hydrogens is 696 g/mol. The first kappa shape index (κ1) is 36.6. The van der Waals surface area contributed by atoms with Gasteiger partial charge in [-0.3, -0.25) is 4.98 Å². The van der Waals surface area contributed by atoms with Crippen molar-refractivity contribution in [1.29, 1.82) is 0 Å². The van der Waals surface area contributed by atoms with E-state index in [2.05, 4.69) is 25.7 Å². The minimum Gasteiger partial charge on any atom is -0.497 e. The molecule has 0 amide bonds. The Morgan fingerprint density at radius 1 is 0.778 bits per heavy atom. The molecule has 0 atom stereocenters. The average molecular weight is 741 g/mol. The molecule has 0 spiro atoms. The summed E-state index contributed by atoms with van der Waals surface area (Å²) in [4.78, 5) is 5.06. The highest BCUT2D eigenvalue weighted by Gasteiger charge is 2.28. The smallest absolute Gasteiger partial charge is 0.203 e. The van der Waals surface area contributed by atoms with Crippen molar-refractivity contribution < 1.29 is 28.4 Å². The molecule has 9 heteroatoms. The van der Waals surface area contributed by atoms with Crippen LogP contribution < -0.4 is 18.9 Å². The summed E-state index contributed by atoms with van der Waals surface area (Å²) in [6, 6.07) is 35.3. The van der Waals surface area contributed by atoms with Gasteiger partial charge in [0, 0.05) is 37.5 Å². The predicted octanol–water partition coefficient (Wildman–Crippen LogP) is 10.6. The van der Waals surface area contributed by atoms with Crippen LogP contribution in [0.2, 0.25) is 25.7 Å². The van der Waals surface area contributed by atoms with Gasteiger partial charge < -0.3 is 28.6 Å². The molecular formula is C45H45FN2O5Si. The summed E-state index contributed by atoms with van der Waals surface area (Å²) in [5, 5.41) is 14.3. The largest absolute Gasteiger partial charge is 0.497 e. The Bertz CT molecular complexity index is 2340. The third kappa shape index (κ3) is 7.91. The zero-order valence-electron chi connectivity index (χ0n) is 31.3. The van der Waals surface area contributed by atoms with Gasteiger partial charge in [-0.15, -0.1) is 0 Å². The molecule has 0 aliphatic rings. The lowest BCUT2D eigenvalue weighted by atomic mass is 10.00. The van der Waals surface area contributed by atoms with Crippen molar-refractivity contribution in [2.45, 2.75) is 44.8 Å². The first-order valence-electron chi connectivity index (χ1n) is 18.1. The van der Waals surface area contributed by atoms with Gasteiger partial charge in [0.05, 0.1) is 38.1 Å². The molecule has 54 heavy (non-hydrogen) atoms. The van der Waals surface area contributed by atoms with E-state index < -0.39 is 14.2 Å². The Morgan fingerprint density at radius 3 is 2.09 bits per heavy atom. The highest BCUT2D eigenvalue weighted by atomic mass is 28.3. The van der Waals surface area contributed by atoms with Crippen LogP contribution in [-0.2, 0) is 13.0 Å². The molecule has 0 saturated heterocycles. The zero-order chi connectivity index (χ0) is 37.8. The van der Waals surface area contributed by atoms with E-state index in [1.54, 1.807) is 30.9 Å². The minimum atomic E-state index is -1.47. The van der Waals surface area contributed by atoms with Crippen LogP contribution in [0.25, 0.3) is 21.7 Å². The number of fused-ring (bicyclic) bond motifs is 2. The number of rotatable bonds is 14. The van der Waals surface area contributed by atoms with Gasteiger partial charge in [0.15, 0.2) is 5.75 Å². The molecule has 7 nitrogen and oxygen atoms in total. The second-order valence-electron chi connectivity index (χ2n) is 14.7. The van der Waals surface area contributed by atoms with Gasteiger partial charge in [-0.1, -0.05) is 92.4 Å². The van der Waals surface area contributed by atoms with E-state index in [1.165, 1.54) is 12.1 Å². The molecule has 0 aliphatic carbocycles. The second kappa shape index (κ2) is 15.7. The standard InChI is InChI=1S/C45H45FN2O5Si/c1-50-36-21-18-34(39(26-36)51-2)28-48-29-38-40(45(48)49)44(53-42(32-12-8-6-9-13-32)33-14-10-7-11-15-33)41-37(43(38)52-22-23-54(3,4)5)25-31(27-47-41)24-30-16-19-35(46)20-17-30/h6-21,25-27,29,42,49H,22-24,28H2,1-5H3. The van der Waals surface area contributed by atoms with E-state index >= 15 is 0 Å². The van der Waals surface area contributed by atoms with E-state index in [4.69, 9.17) is 23.9 Å². The van der Waals surface area contributed by atoms with E-state index in [0.717, 1.165) is 39.2 Å². The number of aromatic nitrogens is 2. The molecule has 0 aliphatic heterocycles. The van der Waals surface area contributed by atoms with Gasteiger partial charge in [-0.2, -0.15) is 0 Å². The predicted molar refractivity (Wildman–Crippen MR) is 216 cm³/mol. The first-order chi connectivity index (χ1) is 26.1. The highest BCUT2D eigenvalue weighted by Crippen LogP contribution is 2.49. The number of methoxy groups -OCH3 is 2. The van der Waals surface area contributed by atoms with E-state index in [-0.39, 0.29) is 11.7 Å². The van der Waals surface area contributed by atoms with Crippen molar-refractivity contribution in [3.8, 4) is 28.9 Å². The lowest BCUT2D eigenvalue weighted by molar-refractivity contribution is 0.252. The van der Waals surface area contributed by atoms with E-state index in [1.807, 2.05) is 91.3 Å². The van der Waals surface area contributed by atoms with Gasteiger partial charge >= 0.3 is 0 Å². The van der Waals surface area contributed by atoms with Crippen LogP contribution in [0.3, 0.4) is 0 Å². The van der Waals surface area contributed by atoms with Gasteiger partial charge in [-0.25, -0.2) is 4.39 Å². The summed E-state index contributed by atoms with van der Waals surface area (Å²) < 4.78 is 40.7. The van der Waals surface area contributed by atoms with Gasteiger partial charge in [0.25, 0.3) is 0 Å². The number of nitrogens with zero attached hydrogens (tertiary/aromatic N) is 2. The molecule has 0 unspecified atom stereocenters. The monoisotopic (exact) mass is 740 g/mol. The van der Waals surface area contributed by atoms with Crippen molar-refractivity contribution in [3.63, 3.8) is 0 Å². The fourth-order valence-electron chi connectivity index (χ4n) is 6.72. The van der Waals surface area contributed by atoms with Crippen molar-refractivity contribution >= 4 is 29.7 Å². The van der Waals surface area contributed by atoms with Crippen LogP contribution >= 0.6 is 0 Å². The quantitative estimate of drug-likeness (QED) is 0.112. The summed E-state index contributed by atoms with van der Waals surface area (Å²) in [5.74, 6) is 2.13. The third-order valence-corrected chi connectivity index (χ3v) is 11.3. The maximum Gasteiger partial charge on any atom is 0.203 e. The number of ether oxygens (including phenoxy) is 4. The van der Waals surface area contributed by atoms with Gasteiger partial charge in [-0.05, 0) is 65.1 Å². The number of pyridine rings is 1. The molecule has 0 radical (unpaired) electrons. The number of benzene rings is 5. The van der Waals surface area contributed by atoms with Crippen LogP contribution in [0.1, 0.15) is 33.9 Å². The van der Waals surface area contributed by atoms with Crippen LogP contribution in [0, 0.1) is 5.82 Å². The number of hydrogen-bond donors (Lipinski definition) is 1. The molecule has 0 saturated carbocycles. The lowest BCUT2D eigenvalue weighted by Gasteiger charge is -2.23. The summed E-state index contributed by atoms with van der Waals surface area (Å²) in [7, 11) is 1.77. The molecule has 1 N–H and O–H groups in total. The van der Waals surface area contributed by atoms with Crippen molar-refractivity contribution in [3.05, 3.63) is 155 Å². The average Bonchev–Trinajstić information content (AvgIpc) is 3.50. The fourth-order valence-corrected chi connectivity index (χ4v) is 7.43. The van der Waals surface area contributed by atoms with E-state index in [9.17, 15) is 9.50 Å². The molecule has 7 rings (SSSR count). The van der Waals surface area contributed by atoms with Crippen molar-refractivity contribution in [2.24, 2.45) is 0 Å². The zero-order valence-corrected chi connectivity index (χ0v) is 32.3. The highest BCUT2D eigenvalue weighted by molar-refractivity contribution is 6.76. The third-order valence-electron chi connectivity index (χ3n) is 9.62. The Hall–Kier alpha value is -5.80. The molecule has 7 aromatic rings. The van der Waals surface area contributed by atoms with Gasteiger partial charge in [0.1, 0.15) is 34.7 Å². The SMILES string of the molecule is COc1ccc(Cn2cc3c(OCC[Si](C)(C)C)c4cc(Cc5ccc(F)cc5)cnc4c(OC(c4ccccc4)c4ccccc4)c3c2O)c(OC)c1. The fraction of sp³-hybridized carbons (Fsp3) is 0.222. The van der Waals surface area contributed by atoms with Crippen molar-refractivity contribution in [2.75, 3.05) is 20.8 Å². The minimum absolute atomic E-state index is 0.0203. The Balaban J connectivity index is 1.47. The summed E-state index contributed by atoms with van der Waals surface area (Å²) >= 11 is 0. The number of aromatic hydroxyl groups is 1. The Kier molecular flexibility index (Phi) is 10.6. The Labute approximate surface area is 316 Å². The summed E-state index contributed by atoms with van der Waals surface area (Å²) in [6.45, 7) is 7.78. The number of hydrogen-bond acceptors (Lipinski definition) is 6. The maximum atomic E-state index is 13.8. The molecule has 0 bridgehead atoms. The van der Waals surface area contributed by atoms with Crippen molar-refractivity contribution in [1.82, 2.24) is 9.55 Å². The summed E-state index contributed by atoms with van der Waals surface area (Å²) in [5.41, 5.74) is 5.23. The molecule has 276 valence electrons. The van der Waals surface area contributed by atoms with E-state index in [0.29, 0.717) is 58.9 Å². The molecule has 2 aromatic heterocycles. The second-order valence-corrected chi connectivity index (χ2v) is 20.3. The molecule has 5 aromatic carbocycles. The summed E-state index contributed by atoms with van der Waals surface area (Å²) in [6.07, 6.45) is 3.79. The van der Waals surface area contributed by atoms with Crippen LogP contribution in [0.4, 0.5) is 4.39 Å². The maximum absolute atomic E-state index is 13.8. The van der Waals surface area contributed by atoms with Crippen LogP contribution in [0.5, 0.6) is 28.9 Å². The normalized spacial score (nSPS) is 11.7. The van der Waals surface area contributed by atoms with Crippen LogP contribution in [-0.4, -0.2) is 43.6 Å². The molecule has 2 heterocycles. The number of halogens is 1. The van der Waals surface area contributed by atoms with Crippen LogP contribution in [0.15, 0.2) is 122 Å². The first-order valence-corrected chi connectivity index (χ1v) is 21.8. The van der Waals surface area contributed by atoms with Gasteiger partial charge in [0.2, 0.25) is 5.88 Å². The lowest BCUT2D eigenvalue weighted by Crippen LogP contribution is -2.22.